The summed E-state index contributed by atoms with van der Waals surface area (Å²) >= 11 is 0. The molecule has 1 amide bonds. The molecule has 0 saturated carbocycles. The molecule has 1 atom stereocenters. The fourth-order valence-corrected chi connectivity index (χ4v) is 1.89. The van der Waals surface area contributed by atoms with E-state index in [0.29, 0.717) is 26.3 Å². The lowest BCUT2D eigenvalue weighted by Gasteiger charge is -2.24. The van der Waals surface area contributed by atoms with Crippen LogP contribution in [-0.2, 0) is 19.0 Å². The number of hydrogen-bond donors (Lipinski definition) is 1. The number of carbonyl (C=O) groups excluding carboxylic acids is 1. The van der Waals surface area contributed by atoms with Crippen molar-refractivity contribution < 1.29 is 28.9 Å². The molecule has 1 saturated heterocycles. The Morgan fingerprint density at radius 2 is 1.95 bits per heavy atom. The Morgan fingerprint density at radius 3 is 2.57 bits per heavy atom. The SMILES string of the molecule is CC(C)(C)OC(=O)N1CC[C@H](OCCOCCC(=O)O)C1. The second kappa shape index (κ2) is 8.19. The van der Waals surface area contributed by atoms with E-state index in [1.165, 1.54) is 0 Å². The van der Waals surface area contributed by atoms with Gasteiger partial charge in [0.25, 0.3) is 0 Å². The number of hydrogen-bond acceptors (Lipinski definition) is 5. The predicted molar refractivity (Wildman–Crippen MR) is 75.2 cm³/mol. The summed E-state index contributed by atoms with van der Waals surface area (Å²) in [6.45, 7) is 7.59. The molecule has 21 heavy (non-hydrogen) atoms. The summed E-state index contributed by atoms with van der Waals surface area (Å²) in [5.41, 5.74) is -0.492. The van der Waals surface area contributed by atoms with E-state index in [2.05, 4.69) is 0 Å². The highest BCUT2D eigenvalue weighted by atomic mass is 16.6. The fraction of sp³-hybridized carbons (Fsp3) is 0.857. The fourth-order valence-electron chi connectivity index (χ4n) is 1.89. The molecule has 0 unspecified atom stereocenters. The maximum Gasteiger partial charge on any atom is 0.410 e. The molecule has 0 bridgehead atoms. The van der Waals surface area contributed by atoms with Crippen LogP contribution in [0.15, 0.2) is 0 Å². The number of aliphatic carboxylic acids is 1. The molecule has 0 aliphatic carbocycles. The van der Waals surface area contributed by atoms with Gasteiger partial charge in [0.1, 0.15) is 5.60 Å². The van der Waals surface area contributed by atoms with E-state index >= 15 is 0 Å². The van der Waals surface area contributed by atoms with Crippen LogP contribution in [0, 0.1) is 0 Å². The predicted octanol–water partition coefficient (Wildman–Crippen LogP) is 1.50. The number of carboxylic acid groups (broad SMARTS) is 1. The van der Waals surface area contributed by atoms with Crippen LogP contribution in [0.5, 0.6) is 0 Å². The second-order valence-corrected chi connectivity index (χ2v) is 5.96. The minimum Gasteiger partial charge on any atom is -0.481 e. The number of likely N-dealkylation sites (tertiary alicyclic amines) is 1. The second-order valence-electron chi connectivity index (χ2n) is 5.96. The van der Waals surface area contributed by atoms with Gasteiger partial charge in [-0.05, 0) is 27.2 Å². The number of amides is 1. The third kappa shape index (κ3) is 7.87. The lowest BCUT2D eigenvalue weighted by molar-refractivity contribution is -0.138. The van der Waals surface area contributed by atoms with Crippen molar-refractivity contribution in [2.24, 2.45) is 0 Å². The van der Waals surface area contributed by atoms with E-state index < -0.39 is 11.6 Å². The molecule has 0 aromatic rings. The van der Waals surface area contributed by atoms with Crippen molar-refractivity contribution in [3.8, 4) is 0 Å². The highest BCUT2D eigenvalue weighted by molar-refractivity contribution is 5.68. The summed E-state index contributed by atoms with van der Waals surface area (Å²) in [5, 5.41) is 8.44. The maximum absolute atomic E-state index is 11.9. The first-order valence-electron chi connectivity index (χ1n) is 7.17. The van der Waals surface area contributed by atoms with Crippen LogP contribution < -0.4 is 0 Å². The minimum absolute atomic E-state index is 0.00412. The van der Waals surface area contributed by atoms with Crippen LogP contribution in [0.3, 0.4) is 0 Å². The first kappa shape index (κ1) is 17.7. The third-order valence-electron chi connectivity index (χ3n) is 2.84. The summed E-state index contributed by atoms with van der Waals surface area (Å²) in [6, 6.07) is 0. The lowest BCUT2D eigenvalue weighted by Crippen LogP contribution is -2.36. The van der Waals surface area contributed by atoms with Gasteiger partial charge in [-0.2, -0.15) is 0 Å². The van der Waals surface area contributed by atoms with Crippen LogP contribution in [0.2, 0.25) is 0 Å². The van der Waals surface area contributed by atoms with Crippen molar-refractivity contribution in [1.29, 1.82) is 0 Å². The standard InChI is InChI=1S/C14H25NO6/c1-14(2,3)21-13(18)15-6-4-11(10-15)20-9-8-19-7-5-12(16)17/h11H,4-10H2,1-3H3,(H,16,17)/t11-/m0/s1. The van der Waals surface area contributed by atoms with Crippen LogP contribution in [-0.4, -0.2) is 66.7 Å². The Kier molecular flexibility index (Phi) is 6.91. The number of carbonyl (C=O) groups is 2. The van der Waals surface area contributed by atoms with Gasteiger partial charge in [-0.1, -0.05) is 0 Å². The zero-order chi connectivity index (χ0) is 15.9. The average Bonchev–Trinajstić information content (AvgIpc) is 2.80. The Hall–Kier alpha value is -1.34. The third-order valence-corrected chi connectivity index (χ3v) is 2.84. The van der Waals surface area contributed by atoms with Gasteiger partial charge in [-0.25, -0.2) is 4.79 Å². The highest BCUT2D eigenvalue weighted by Gasteiger charge is 2.30. The van der Waals surface area contributed by atoms with E-state index in [1.807, 2.05) is 20.8 Å². The number of nitrogens with zero attached hydrogens (tertiary/aromatic N) is 1. The van der Waals surface area contributed by atoms with Crippen LogP contribution >= 0.6 is 0 Å². The molecule has 7 nitrogen and oxygen atoms in total. The quantitative estimate of drug-likeness (QED) is 0.717. The van der Waals surface area contributed by atoms with Crippen molar-refractivity contribution in [2.45, 2.75) is 45.3 Å². The molecule has 1 heterocycles. The Bertz CT molecular complexity index is 352. The van der Waals surface area contributed by atoms with E-state index in [-0.39, 0.29) is 25.2 Å². The van der Waals surface area contributed by atoms with Gasteiger partial charge in [0, 0.05) is 6.54 Å². The molecule has 0 spiro atoms. The normalized spacial score (nSPS) is 18.8. The zero-order valence-electron chi connectivity index (χ0n) is 13.0. The van der Waals surface area contributed by atoms with Crippen molar-refractivity contribution in [2.75, 3.05) is 32.9 Å². The Labute approximate surface area is 125 Å². The van der Waals surface area contributed by atoms with Gasteiger partial charge < -0.3 is 24.2 Å². The van der Waals surface area contributed by atoms with Gasteiger partial charge in [0.05, 0.1) is 38.9 Å². The van der Waals surface area contributed by atoms with Gasteiger partial charge >= 0.3 is 12.1 Å². The summed E-state index contributed by atoms with van der Waals surface area (Å²) in [7, 11) is 0. The molecule has 0 aromatic heterocycles. The Balaban J connectivity index is 2.11. The van der Waals surface area contributed by atoms with Gasteiger partial charge in [-0.3, -0.25) is 4.79 Å². The molecule has 1 N–H and O–H groups in total. The van der Waals surface area contributed by atoms with Gasteiger partial charge in [0.15, 0.2) is 0 Å². The molecule has 1 fully saturated rings. The topological polar surface area (TPSA) is 85.3 Å². The summed E-state index contributed by atoms with van der Waals surface area (Å²) < 4.78 is 16.0. The molecular formula is C14H25NO6. The van der Waals surface area contributed by atoms with Crippen LogP contribution in [0.1, 0.15) is 33.6 Å². The first-order chi connectivity index (χ1) is 9.78. The monoisotopic (exact) mass is 303 g/mol. The largest absolute Gasteiger partial charge is 0.481 e. The van der Waals surface area contributed by atoms with Crippen LogP contribution in [0.4, 0.5) is 4.79 Å². The molecule has 0 radical (unpaired) electrons. The summed E-state index contributed by atoms with van der Waals surface area (Å²) in [4.78, 5) is 23.8. The smallest absolute Gasteiger partial charge is 0.410 e. The highest BCUT2D eigenvalue weighted by Crippen LogP contribution is 2.17. The van der Waals surface area contributed by atoms with E-state index in [9.17, 15) is 9.59 Å². The molecule has 1 aliphatic heterocycles. The minimum atomic E-state index is -0.875. The molecule has 122 valence electrons. The van der Waals surface area contributed by atoms with Crippen molar-refractivity contribution in [1.82, 2.24) is 4.90 Å². The van der Waals surface area contributed by atoms with E-state index in [0.717, 1.165) is 6.42 Å². The van der Waals surface area contributed by atoms with E-state index in [1.54, 1.807) is 4.90 Å². The molecule has 0 aromatic carbocycles. The zero-order valence-corrected chi connectivity index (χ0v) is 13.0. The van der Waals surface area contributed by atoms with Crippen LogP contribution in [0.25, 0.3) is 0 Å². The number of carboxylic acids is 1. The lowest BCUT2D eigenvalue weighted by atomic mass is 10.2. The van der Waals surface area contributed by atoms with Gasteiger partial charge in [0.2, 0.25) is 0 Å². The van der Waals surface area contributed by atoms with Crippen molar-refractivity contribution in [3.05, 3.63) is 0 Å². The summed E-state index contributed by atoms with van der Waals surface area (Å²) in [5.74, 6) is -0.875. The number of rotatable bonds is 7. The van der Waals surface area contributed by atoms with Gasteiger partial charge in [-0.15, -0.1) is 0 Å². The molecule has 1 rings (SSSR count). The number of ether oxygens (including phenoxy) is 3. The molecule has 1 aliphatic rings. The maximum atomic E-state index is 11.9. The first-order valence-corrected chi connectivity index (χ1v) is 7.17. The molecule has 7 heteroatoms. The molecular weight excluding hydrogens is 278 g/mol. The average molecular weight is 303 g/mol. The van der Waals surface area contributed by atoms with Crippen molar-refractivity contribution in [3.63, 3.8) is 0 Å². The Morgan fingerprint density at radius 1 is 1.24 bits per heavy atom. The van der Waals surface area contributed by atoms with Crippen molar-refractivity contribution >= 4 is 12.1 Å². The summed E-state index contributed by atoms with van der Waals surface area (Å²) in [6.07, 6.45) is 0.441. The van der Waals surface area contributed by atoms with E-state index in [4.69, 9.17) is 19.3 Å².